The Balaban J connectivity index is 2.19. The molecule has 62 heavy (non-hydrogen) atoms. The summed E-state index contributed by atoms with van der Waals surface area (Å²) in [5.74, 6) is 16.5. The Morgan fingerprint density at radius 3 is 0.790 bits per heavy atom. The van der Waals surface area contributed by atoms with Gasteiger partial charge in [0.25, 0.3) is 0 Å². The third-order valence-electron chi connectivity index (χ3n) is 11.5. The van der Waals surface area contributed by atoms with Crippen molar-refractivity contribution >= 4 is 45.2 Å². The lowest BCUT2D eigenvalue weighted by Crippen LogP contribution is -2.03. The molecule has 0 radical (unpaired) electrons. The second-order valence-corrected chi connectivity index (χ2v) is 19.7. The van der Waals surface area contributed by atoms with E-state index in [9.17, 15) is 0 Å². The molecule has 2 rings (SSSR count). The van der Waals surface area contributed by atoms with Crippen molar-refractivity contribution in [1.29, 1.82) is 0 Å². The maximum Gasteiger partial charge on any atom is 0.136 e. The Morgan fingerprint density at radius 1 is 0.306 bits per heavy atom. The van der Waals surface area contributed by atoms with Crippen LogP contribution < -0.4 is 18.9 Å². The molecular weight excluding hydrogens is 990 g/mol. The fourth-order valence-electron chi connectivity index (χ4n) is 7.60. The minimum Gasteiger partial charge on any atom is -0.492 e. The average Bonchev–Trinajstić information content (AvgIpc) is 3.27. The molecule has 0 aliphatic rings. The van der Waals surface area contributed by atoms with Gasteiger partial charge < -0.3 is 18.9 Å². The number of rotatable bonds is 40. The van der Waals surface area contributed by atoms with E-state index < -0.39 is 0 Å². The van der Waals surface area contributed by atoms with Crippen LogP contribution in [0.25, 0.3) is 0 Å². The Hall–Kier alpha value is -1.78. The van der Waals surface area contributed by atoms with E-state index in [1.54, 1.807) is 0 Å². The molecule has 0 aliphatic carbocycles. The highest BCUT2D eigenvalue weighted by molar-refractivity contribution is 14.1. The van der Waals surface area contributed by atoms with Crippen molar-refractivity contribution in [3.63, 3.8) is 0 Å². The van der Waals surface area contributed by atoms with Gasteiger partial charge in [-0.2, -0.15) is 0 Å². The summed E-state index contributed by atoms with van der Waals surface area (Å²) in [5, 5.41) is 0. The quantitative estimate of drug-likeness (QED) is 0.0379. The molecule has 0 aromatic heterocycles. The van der Waals surface area contributed by atoms with Gasteiger partial charge in [-0.3, -0.25) is 0 Å². The zero-order chi connectivity index (χ0) is 44.6. The van der Waals surface area contributed by atoms with Crippen molar-refractivity contribution in [2.24, 2.45) is 0 Å². The standard InChI is InChI=1S/C56H88I2O4/c1-5-9-13-17-21-25-29-35-41-59-53-47-51(57)55(61-43-37-31-27-23-19-15-11-7-3)45-49(53)39-33-34-40-50-46-56(62-44-38-32-28-24-20-16-12-8-4)52(58)48-54(50)60-42-36-30-26-22-18-14-10-6-2/h45-48H,5-32,35-38,41-44H2,1-4H3. The van der Waals surface area contributed by atoms with E-state index in [0.29, 0.717) is 26.4 Å². The molecule has 6 heteroatoms. The van der Waals surface area contributed by atoms with E-state index in [-0.39, 0.29) is 0 Å². The number of hydrogen-bond acceptors (Lipinski definition) is 4. The summed E-state index contributed by atoms with van der Waals surface area (Å²) in [7, 11) is 0. The molecule has 0 aliphatic heterocycles. The highest BCUT2D eigenvalue weighted by atomic mass is 127. The molecule has 2 aromatic carbocycles. The second kappa shape index (κ2) is 40.7. The molecule has 0 amide bonds. The zero-order valence-electron chi connectivity index (χ0n) is 40.2. The van der Waals surface area contributed by atoms with Crippen LogP contribution in [0.5, 0.6) is 23.0 Å². The summed E-state index contributed by atoms with van der Waals surface area (Å²) in [4.78, 5) is 0. The number of hydrogen-bond donors (Lipinski definition) is 0. The molecule has 350 valence electrons. The van der Waals surface area contributed by atoms with Crippen LogP contribution in [0.3, 0.4) is 0 Å². The first-order chi connectivity index (χ1) is 30.5. The van der Waals surface area contributed by atoms with Crippen LogP contribution in [-0.2, 0) is 0 Å². The Bertz CT molecular complexity index is 1400. The average molecular weight is 1080 g/mol. The highest BCUT2D eigenvalue weighted by Gasteiger charge is 2.12. The van der Waals surface area contributed by atoms with Gasteiger partial charge in [0, 0.05) is 12.1 Å². The number of benzene rings is 2. The van der Waals surface area contributed by atoms with Crippen LogP contribution in [0.2, 0.25) is 0 Å². The fraction of sp³-hybridized carbons (Fsp3) is 0.714. The lowest BCUT2D eigenvalue weighted by Gasteiger charge is -2.13. The van der Waals surface area contributed by atoms with Gasteiger partial charge in [-0.25, -0.2) is 0 Å². The van der Waals surface area contributed by atoms with Crippen LogP contribution in [0.15, 0.2) is 24.3 Å². The second-order valence-electron chi connectivity index (χ2n) is 17.4. The third kappa shape index (κ3) is 28.9. The third-order valence-corrected chi connectivity index (χ3v) is 13.2. The lowest BCUT2D eigenvalue weighted by molar-refractivity contribution is 0.294. The topological polar surface area (TPSA) is 36.9 Å². The molecular formula is C56H88I2O4. The van der Waals surface area contributed by atoms with Crippen LogP contribution in [0.1, 0.15) is 244 Å². The predicted molar refractivity (Wildman–Crippen MR) is 284 cm³/mol. The van der Waals surface area contributed by atoms with Crippen molar-refractivity contribution in [3.05, 3.63) is 42.5 Å². The van der Waals surface area contributed by atoms with Crippen molar-refractivity contribution in [2.45, 2.75) is 233 Å². The van der Waals surface area contributed by atoms with E-state index in [0.717, 1.165) is 66.9 Å². The molecule has 0 N–H and O–H groups in total. The summed E-state index contributed by atoms with van der Waals surface area (Å²) < 4.78 is 27.6. The Labute approximate surface area is 410 Å². The number of unbranched alkanes of at least 4 members (excludes halogenated alkanes) is 28. The minimum absolute atomic E-state index is 0.688. The monoisotopic (exact) mass is 1080 g/mol. The van der Waals surface area contributed by atoms with Gasteiger partial charge in [-0.05, 0) is 107 Å². The highest BCUT2D eigenvalue weighted by Crippen LogP contribution is 2.32. The predicted octanol–water partition coefficient (Wildman–Crippen LogP) is 18.4. The molecule has 0 saturated heterocycles. The fourth-order valence-corrected chi connectivity index (χ4v) is 8.78. The summed E-state index contributed by atoms with van der Waals surface area (Å²) >= 11 is 4.76. The summed E-state index contributed by atoms with van der Waals surface area (Å²) in [6, 6.07) is 8.31. The Morgan fingerprint density at radius 2 is 0.532 bits per heavy atom. The molecule has 0 saturated carbocycles. The minimum atomic E-state index is 0.688. The van der Waals surface area contributed by atoms with Gasteiger partial charge in [0.1, 0.15) is 23.0 Å². The van der Waals surface area contributed by atoms with Crippen molar-refractivity contribution in [3.8, 4) is 46.7 Å². The number of halogens is 2. The first kappa shape index (κ1) is 56.3. The largest absolute Gasteiger partial charge is 0.492 e. The van der Waals surface area contributed by atoms with E-state index in [4.69, 9.17) is 18.9 Å². The maximum absolute atomic E-state index is 6.41. The van der Waals surface area contributed by atoms with Crippen molar-refractivity contribution in [1.82, 2.24) is 0 Å². The van der Waals surface area contributed by atoms with E-state index in [1.165, 1.54) is 180 Å². The van der Waals surface area contributed by atoms with Gasteiger partial charge >= 0.3 is 0 Å². The molecule has 0 atom stereocenters. The zero-order valence-corrected chi connectivity index (χ0v) is 44.5. The smallest absolute Gasteiger partial charge is 0.136 e. The van der Waals surface area contributed by atoms with E-state index >= 15 is 0 Å². The van der Waals surface area contributed by atoms with Gasteiger partial charge in [0.05, 0.1) is 44.7 Å². The van der Waals surface area contributed by atoms with Gasteiger partial charge in [-0.15, -0.1) is 0 Å². The molecule has 0 heterocycles. The summed E-state index contributed by atoms with van der Waals surface area (Å²) in [5.41, 5.74) is 1.65. The van der Waals surface area contributed by atoms with E-state index in [1.807, 2.05) is 0 Å². The van der Waals surface area contributed by atoms with Crippen LogP contribution in [0, 0.1) is 30.8 Å². The van der Waals surface area contributed by atoms with Crippen LogP contribution >= 0.6 is 45.2 Å². The van der Waals surface area contributed by atoms with Gasteiger partial charge in [0.2, 0.25) is 0 Å². The maximum atomic E-state index is 6.41. The van der Waals surface area contributed by atoms with Gasteiger partial charge in [0.15, 0.2) is 0 Å². The molecule has 2 aromatic rings. The molecule has 0 bridgehead atoms. The first-order valence-corrected chi connectivity index (χ1v) is 27.9. The molecule has 0 fully saturated rings. The normalized spacial score (nSPS) is 10.9. The van der Waals surface area contributed by atoms with Crippen LogP contribution in [0.4, 0.5) is 0 Å². The first-order valence-electron chi connectivity index (χ1n) is 25.7. The number of ether oxygens (including phenoxy) is 4. The SMILES string of the molecule is CCCCCCCCCCOc1cc(C#CC#Cc2cc(OCCCCCCCCCC)c(I)cc2OCCCCCCCCCC)c(OCCCCCCCCCC)cc1I. The summed E-state index contributed by atoms with van der Waals surface area (Å²) in [6.07, 6.45) is 40.8. The van der Waals surface area contributed by atoms with Crippen LogP contribution in [-0.4, -0.2) is 26.4 Å². The Kier molecular flexibility index (Phi) is 37.0. The van der Waals surface area contributed by atoms with Gasteiger partial charge in [-0.1, -0.05) is 207 Å². The van der Waals surface area contributed by atoms with Crippen molar-refractivity contribution in [2.75, 3.05) is 26.4 Å². The molecule has 0 unspecified atom stereocenters. The summed E-state index contributed by atoms with van der Waals surface area (Å²) in [6.45, 7) is 11.9. The molecule has 4 nitrogen and oxygen atoms in total. The lowest BCUT2D eigenvalue weighted by atomic mass is 10.1. The molecule has 0 spiro atoms. The van der Waals surface area contributed by atoms with E-state index in [2.05, 4.69) is 121 Å². The van der Waals surface area contributed by atoms with Crippen molar-refractivity contribution < 1.29 is 18.9 Å².